The van der Waals surface area contributed by atoms with Crippen molar-refractivity contribution < 1.29 is 9.18 Å². The SMILES string of the molecule is CC(C)CN1C(=O)N(c2cccc(F)c2)[C@@H]2[C@H](c3ccc(Cl)cc3)CCCC[C@@H]21. The Kier molecular flexibility index (Phi) is 5.82. The summed E-state index contributed by atoms with van der Waals surface area (Å²) in [6, 6.07) is 14.6. The minimum absolute atomic E-state index is 0.000151. The Labute approximate surface area is 177 Å². The Hall–Kier alpha value is -2.07. The molecular formula is C24H28ClFN2O. The molecule has 29 heavy (non-hydrogen) atoms. The number of urea groups is 1. The highest BCUT2D eigenvalue weighted by atomic mass is 35.5. The molecule has 5 heteroatoms. The number of benzene rings is 2. The van der Waals surface area contributed by atoms with E-state index in [4.69, 9.17) is 11.6 Å². The molecule has 0 radical (unpaired) electrons. The topological polar surface area (TPSA) is 23.6 Å². The first-order valence-electron chi connectivity index (χ1n) is 10.6. The summed E-state index contributed by atoms with van der Waals surface area (Å²) < 4.78 is 14.1. The lowest BCUT2D eigenvalue weighted by molar-refractivity contribution is 0.189. The summed E-state index contributed by atoms with van der Waals surface area (Å²) in [7, 11) is 0. The molecule has 1 aliphatic heterocycles. The van der Waals surface area contributed by atoms with Gasteiger partial charge in [-0.25, -0.2) is 9.18 Å². The predicted octanol–water partition coefficient (Wildman–Crippen LogP) is 6.47. The van der Waals surface area contributed by atoms with Crippen LogP contribution in [0.25, 0.3) is 0 Å². The molecule has 0 spiro atoms. The zero-order valence-electron chi connectivity index (χ0n) is 17.0. The quantitative estimate of drug-likeness (QED) is 0.562. The van der Waals surface area contributed by atoms with E-state index >= 15 is 0 Å². The van der Waals surface area contributed by atoms with E-state index < -0.39 is 0 Å². The molecule has 0 unspecified atom stereocenters. The highest BCUT2D eigenvalue weighted by Crippen LogP contribution is 2.44. The van der Waals surface area contributed by atoms with Crippen molar-refractivity contribution in [3.8, 4) is 0 Å². The molecule has 3 nitrogen and oxygen atoms in total. The van der Waals surface area contributed by atoms with Crippen LogP contribution < -0.4 is 4.90 Å². The molecule has 2 aromatic rings. The summed E-state index contributed by atoms with van der Waals surface area (Å²) in [5, 5.41) is 0.713. The largest absolute Gasteiger partial charge is 0.325 e. The number of carbonyl (C=O) groups excluding carboxylic acids is 1. The number of halogens is 2. The molecule has 0 bridgehead atoms. The van der Waals surface area contributed by atoms with Crippen molar-refractivity contribution in [1.82, 2.24) is 4.90 Å². The number of carbonyl (C=O) groups is 1. The van der Waals surface area contributed by atoms with E-state index in [0.29, 0.717) is 16.6 Å². The fourth-order valence-corrected chi connectivity index (χ4v) is 5.14. The van der Waals surface area contributed by atoms with Crippen LogP contribution in [0.4, 0.5) is 14.9 Å². The Balaban J connectivity index is 1.81. The maximum absolute atomic E-state index is 14.1. The average Bonchev–Trinajstić information content (AvgIpc) is 2.82. The van der Waals surface area contributed by atoms with Crippen LogP contribution in [0.1, 0.15) is 51.0 Å². The summed E-state index contributed by atoms with van der Waals surface area (Å²) in [6.07, 6.45) is 4.22. The van der Waals surface area contributed by atoms with Gasteiger partial charge in [-0.05, 0) is 54.7 Å². The molecule has 0 N–H and O–H groups in total. The molecule has 1 saturated carbocycles. The third kappa shape index (κ3) is 4.00. The van der Waals surface area contributed by atoms with E-state index in [2.05, 4.69) is 26.0 Å². The van der Waals surface area contributed by atoms with Crippen LogP contribution in [0.3, 0.4) is 0 Å². The fourth-order valence-electron chi connectivity index (χ4n) is 5.02. The first-order valence-corrected chi connectivity index (χ1v) is 10.9. The molecule has 2 aromatic carbocycles. The Bertz CT molecular complexity index is 869. The van der Waals surface area contributed by atoms with Crippen LogP contribution >= 0.6 is 11.6 Å². The first-order chi connectivity index (χ1) is 14.0. The summed E-state index contributed by atoms with van der Waals surface area (Å²) in [5.74, 6) is 0.263. The molecule has 2 fully saturated rings. The van der Waals surface area contributed by atoms with Gasteiger partial charge in [0.15, 0.2) is 0 Å². The zero-order chi connectivity index (χ0) is 20.5. The molecular weight excluding hydrogens is 387 g/mol. The van der Waals surface area contributed by atoms with E-state index in [1.165, 1.54) is 17.7 Å². The number of hydrogen-bond donors (Lipinski definition) is 0. The lowest BCUT2D eigenvalue weighted by Crippen LogP contribution is -2.41. The van der Waals surface area contributed by atoms with Crippen molar-refractivity contribution in [3.05, 3.63) is 64.9 Å². The minimum atomic E-state index is -0.314. The standard InChI is InChI=1S/C24H28ClFN2O/c1-16(2)15-27-22-9-4-3-8-21(17-10-12-18(25)13-11-17)23(22)28(24(27)29)20-7-5-6-19(26)14-20/h5-7,10-14,16,21-23H,3-4,8-9,15H2,1-2H3/t21-,22-,23+/m0/s1. The van der Waals surface area contributed by atoms with Gasteiger partial charge in [-0.15, -0.1) is 0 Å². The van der Waals surface area contributed by atoms with Gasteiger partial charge in [-0.2, -0.15) is 0 Å². The van der Waals surface area contributed by atoms with Crippen LogP contribution in [-0.2, 0) is 0 Å². The van der Waals surface area contributed by atoms with Gasteiger partial charge < -0.3 is 4.90 Å². The van der Waals surface area contributed by atoms with Gasteiger partial charge in [0.25, 0.3) is 0 Å². The normalized spacial score (nSPS) is 24.7. The Morgan fingerprint density at radius 1 is 1.10 bits per heavy atom. The van der Waals surface area contributed by atoms with Crippen LogP contribution in [0, 0.1) is 11.7 Å². The smallest absolute Gasteiger partial charge is 0.319 e. The number of hydrogen-bond acceptors (Lipinski definition) is 1. The molecule has 0 aromatic heterocycles. The van der Waals surface area contributed by atoms with Crippen molar-refractivity contribution in [3.63, 3.8) is 0 Å². The van der Waals surface area contributed by atoms with Crippen LogP contribution in [0.15, 0.2) is 48.5 Å². The monoisotopic (exact) mass is 414 g/mol. The maximum atomic E-state index is 14.1. The summed E-state index contributed by atoms with van der Waals surface area (Å²) in [6.45, 7) is 5.00. The number of anilines is 1. The number of rotatable bonds is 4. The third-order valence-corrected chi connectivity index (χ3v) is 6.42. The summed E-state index contributed by atoms with van der Waals surface area (Å²) >= 11 is 6.13. The minimum Gasteiger partial charge on any atom is -0.319 e. The van der Waals surface area contributed by atoms with Crippen LogP contribution in [0.2, 0.25) is 5.02 Å². The van der Waals surface area contributed by atoms with E-state index in [1.807, 2.05) is 28.0 Å². The van der Waals surface area contributed by atoms with Crippen molar-refractivity contribution in [1.29, 1.82) is 0 Å². The van der Waals surface area contributed by atoms with E-state index in [0.717, 1.165) is 32.2 Å². The average molecular weight is 415 g/mol. The van der Waals surface area contributed by atoms with Gasteiger partial charge in [0.2, 0.25) is 0 Å². The second-order valence-corrected chi connectivity index (χ2v) is 9.12. The van der Waals surface area contributed by atoms with Gasteiger partial charge in [0.1, 0.15) is 5.82 Å². The van der Waals surface area contributed by atoms with Crippen molar-refractivity contribution in [2.24, 2.45) is 5.92 Å². The van der Waals surface area contributed by atoms with Gasteiger partial charge in [0, 0.05) is 23.2 Å². The lowest BCUT2D eigenvalue weighted by Gasteiger charge is -2.33. The third-order valence-electron chi connectivity index (χ3n) is 6.17. The van der Waals surface area contributed by atoms with Gasteiger partial charge >= 0.3 is 6.03 Å². The number of amides is 2. The zero-order valence-corrected chi connectivity index (χ0v) is 17.8. The maximum Gasteiger partial charge on any atom is 0.325 e. The Morgan fingerprint density at radius 2 is 1.83 bits per heavy atom. The van der Waals surface area contributed by atoms with E-state index in [1.54, 1.807) is 6.07 Å². The molecule has 3 atom stereocenters. The molecule has 154 valence electrons. The van der Waals surface area contributed by atoms with E-state index in [-0.39, 0.29) is 29.8 Å². The molecule has 4 rings (SSSR count). The molecule has 2 amide bonds. The predicted molar refractivity (Wildman–Crippen MR) is 116 cm³/mol. The summed E-state index contributed by atoms with van der Waals surface area (Å²) in [5.41, 5.74) is 1.85. The molecule has 2 aliphatic rings. The van der Waals surface area contributed by atoms with E-state index in [9.17, 15) is 9.18 Å². The lowest BCUT2D eigenvalue weighted by atomic mass is 9.85. The second-order valence-electron chi connectivity index (χ2n) is 8.68. The molecule has 1 saturated heterocycles. The van der Waals surface area contributed by atoms with Gasteiger partial charge in [-0.3, -0.25) is 4.90 Å². The second kappa shape index (κ2) is 8.35. The highest BCUT2D eigenvalue weighted by molar-refractivity contribution is 6.30. The van der Waals surface area contributed by atoms with Crippen LogP contribution in [0.5, 0.6) is 0 Å². The van der Waals surface area contributed by atoms with Crippen LogP contribution in [-0.4, -0.2) is 29.6 Å². The molecule has 1 heterocycles. The fraction of sp³-hybridized carbons (Fsp3) is 0.458. The molecule has 1 aliphatic carbocycles. The number of nitrogens with zero attached hydrogens (tertiary/aromatic N) is 2. The number of fused-ring (bicyclic) bond motifs is 1. The van der Waals surface area contributed by atoms with Gasteiger partial charge in [-0.1, -0.05) is 56.5 Å². The van der Waals surface area contributed by atoms with Crippen molar-refractivity contribution >= 4 is 23.3 Å². The highest BCUT2D eigenvalue weighted by Gasteiger charge is 2.50. The first kappa shape index (κ1) is 20.2. The Morgan fingerprint density at radius 3 is 2.52 bits per heavy atom. The van der Waals surface area contributed by atoms with Crippen molar-refractivity contribution in [2.45, 2.75) is 57.5 Å². The summed E-state index contributed by atoms with van der Waals surface area (Å²) in [4.78, 5) is 17.5. The van der Waals surface area contributed by atoms with Gasteiger partial charge in [0.05, 0.1) is 12.1 Å². The van der Waals surface area contributed by atoms with Crippen molar-refractivity contribution in [2.75, 3.05) is 11.4 Å².